The highest BCUT2D eigenvalue weighted by atomic mass is 16.5. The molecule has 2 rings (SSSR count). The molecule has 2 aliphatic rings. The molecule has 1 saturated heterocycles. The summed E-state index contributed by atoms with van der Waals surface area (Å²) in [5.41, 5.74) is -0.417. The lowest BCUT2D eigenvalue weighted by atomic mass is 9.71. The maximum absolute atomic E-state index is 11.1. The van der Waals surface area contributed by atoms with Crippen LogP contribution in [0, 0.1) is 5.92 Å². The SMILES string of the molecule is COC(=O)CCN1CCC2(O)CCCCC2C1. The fourth-order valence-electron chi connectivity index (χ4n) is 3.19. The number of hydrogen-bond acceptors (Lipinski definition) is 4. The van der Waals surface area contributed by atoms with Gasteiger partial charge in [0.2, 0.25) is 0 Å². The lowest BCUT2D eigenvalue weighted by Crippen LogP contribution is -2.53. The number of ether oxygens (including phenoxy) is 1. The van der Waals surface area contributed by atoms with Crippen LogP contribution >= 0.6 is 0 Å². The van der Waals surface area contributed by atoms with Crippen LogP contribution in [0.1, 0.15) is 38.5 Å². The summed E-state index contributed by atoms with van der Waals surface area (Å²) in [5, 5.41) is 10.5. The van der Waals surface area contributed by atoms with Crippen molar-refractivity contribution in [3.8, 4) is 0 Å². The largest absolute Gasteiger partial charge is 0.469 e. The van der Waals surface area contributed by atoms with Gasteiger partial charge in [0.15, 0.2) is 0 Å². The van der Waals surface area contributed by atoms with E-state index in [2.05, 4.69) is 9.64 Å². The first-order valence-corrected chi connectivity index (χ1v) is 6.65. The van der Waals surface area contributed by atoms with Crippen molar-refractivity contribution in [1.29, 1.82) is 0 Å². The molecule has 0 radical (unpaired) electrons. The zero-order valence-electron chi connectivity index (χ0n) is 10.7. The van der Waals surface area contributed by atoms with Crippen molar-refractivity contribution >= 4 is 5.97 Å². The molecule has 0 aromatic rings. The van der Waals surface area contributed by atoms with E-state index >= 15 is 0 Å². The number of aliphatic hydroxyl groups is 1. The van der Waals surface area contributed by atoms with Gasteiger partial charge in [-0.1, -0.05) is 12.8 Å². The van der Waals surface area contributed by atoms with Gasteiger partial charge in [-0.25, -0.2) is 0 Å². The van der Waals surface area contributed by atoms with Gasteiger partial charge in [0.1, 0.15) is 0 Å². The molecule has 1 heterocycles. The molecule has 0 aromatic heterocycles. The molecule has 4 nitrogen and oxygen atoms in total. The molecule has 98 valence electrons. The van der Waals surface area contributed by atoms with Gasteiger partial charge < -0.3 is 14.7 Å². The van der Waals surface area contributed by atoms with Gasteiger partial charge in [-0.3, -0.25) is 4.79 Å². The highest BCUT2D eigenvalue weighted by Gasteiger charge is 2.42. The summed E-state index contributed by atoms with van der Waals surface area (Å²) in [7, 11) is 1.43. The number of likely N-dealkylation sites (tertiary alicyclic amines) is 1. The predicted octanol–water partition coefficient (Wildman–Crippen LogP) is 1.18. The number of fused-ring (bicyclic) bond motifs is 1. The van der Waals surface area contributed by atoms with E-state index in [0.29, 0.717) is 12.3 Å². The average Bonchev–Trinajstić information content (AvgIpc) is 2.35. The number of esters is 1. The third-order valence-corrected chi connectivity index (χ3v) is 4.37. The normalized spacial score (nSPS) is 34.1. The van der Waals surface area contributed by atoms with Gasteiger partial charge in [0.25, 0.3) is 0 Å². The van der Waals surface area contributed by atoms with Crippen molar-refractivity contribution in [2.45, 2.75) is 44.1 Å². The van der Waals surface area contributed by atoms with Gasteiger partial charge >= 0.3 is 5.97 Å². The van der Waals surface area contributed by atoms with Crippen molar-refractivity contribution in [2.75, 3.05) is 26.7 Å². The van der Waals surface area contributed by atoms with E-state index < -0.39 is 5.60 Å². The Labute approximate surface area is 103 Å². The zero-order valence-corrected chi connectivity index (χ0v) is 10.7. The first-order chi connectivity index (χ1) is 8.14. The molecule has 4 heteroatoms. The van der Waals surface area contributed by atoms with E-state index in [-0.39, 0.29) is 5.97 Å². The van der Waals surface area contributed by atoms with Crippen LogP contribution in [0.15, 0.2) is 0 Å². The Morgan fingerprint density at radius 3 is 3.06 bits per heavy atom. The van der Waals surface area contributed by atoms with E-state index in [9.17, 15) is 9.90 Å². The summed E-state index contributed by atoms with van der Waals surface area (Å²) in [4.78, 5) is 13.4. The molecule has 1 N–H and O–H groups in total. The number of carbonyl (C=O) groups excluding carboxylic acids is 1. The van der Waals surface area contributed by atoms with Crippen molar-refractivity contribution in [3.05, 3.63) is 0 Å². The van der Waals surface area contributed by atoms with Crippen molar-refractivity contribution < 1.29 is 14.6 Å². The van der Waals surface area contributed by atoms with E-state index in [0.717, 1.165) is 45.3 Å². The summed E-state index contributed by atoms with van der Waals surface area (Å²) in [6.45, 7) is 2.61. The lowest BCUT2D eigenvalue weighted by molar-refractivity contribution is -0.141. The standard InChI is InChI=1S/C13H23NO3/c1-17-12(15)5-8-14-9-7-13(16)6-3-2-4-11(13)10-14/h11,16H,2-10H2,1H3. The van der Waals surface area contributed by atoms with Gasteiger partial charge in [-0.05, 0) is 19.3 Å². The monoisotopic (exact) mass is 241 g/mol. The van der Waals surface area contributed by atoms with Gasteiger partial charge in [-0.2, -0.15) is 0 Å². The molecule has 17 heavy (non-hydrogen) atoms. The minimum atomic E-state index is -0.417. The second-order valence-corrected chi connectivity index (χ2v) is 5.42. The Morgan fingerprint density at radius 2 is 2.29 bits per heavy atom. The third-order valence-electron chi connectivity index (χ3n) is 4.37. The first-order valence-electron chi connectivity index (χ1n) is 6.65. The third kappa shape index (κ3) is 2.99. The molecule has 0 spiro atoms. The number of hydrogen-bond donors (Lipinski definition) is 1. The van der Waals surface area contributed by atoms with E-state index in [1.807, 2.05) is 0 Å². The first kappa shape index (κ1) is 12.8. The van der Waals surface area contributed by atoms with Crippen LogP contribution in [0.5, 0.6) is 0 Å². The Morgan fingerprint density at radius 1 is 1.47 bits per heavy atom. The molecule has 0 amide bonds. The molecular weight excluding hydrogens is 218 g/mol. The number of piperidine rings is 1. The Balaban J connectivity index is 1.82. The van der Waals surface area contributed by atoms with E-state index in [1.165, 1.54) is 13.5 Å². The quantitative estimate of drug-likeness (QED) is 0.754. The van der Waals surface area contributed by atoms with Crippen LogP contribution in [-0.4, -0.2) is 48.3 Å². The summed E-state index contributed by atoms with van der Waals surface area (Å²) in [6, 6.07) is 0. The maximum atomic E-state index is 11.1. The molecule has 1 aliphatic carbocycles. The van der Waals surface area contributed by atoms with Crippen molar-refractivity contribution in [3.63, 3.8) is 0 Å². The predicted molar refractivity (Wildman–Crippen MR) is 64.6 cm³/mol. The van der Waals surface area contributed by atoms with E-state index in [4.69, 9.17) is 0 Å². The van der Waals surface area contributed by atoms with E-state index in [1.54, 1.807) is 0 Å². The fraction of sp³-hybridized carbons (Fsp3) is 0.923. The van der Waals surface area contributed by atoms with Crippen LogP contribution in [0.4, 0.5) is 0 Å². The van der Waals surface area contributed by atoms with Crippen LogP contribution in [0.25, 0.3) is 0 Å². The highest BCUT2D eigenvalue weighted by Crippen LogP contribution is 2.39. The number of nitrogens with zero attached hydrogens (tertiary/aromatic N) is 1. The summed E-state index contributed by atoms with van der Waals surface area (Å²) >= 11 is 0. The molecule has 2 atom stereocenters. The summed E-state index contributed by atoms with van der Waals surface area (Å²) in [6.07, 6.45) is 5.81. The van der Waals surface area contributed by atoms with Crippen LogP contribution in [0.3, 0.4) is 0 Å². The molecule has 0 bridgehead atoms. The minimum absolute atomic E-state index is 0.144. The van der Waals surface area contributed by atoms with Gasteiger partial charge in [0.05, 0.1) is 19.1 Å². The van der Waals surface area contributed by atoms with Crippen LogP contribution in [0.2, 0.25) is 0 Å². The average molecular weight is 241 g/mol. The second-order valence-electron chi connectivity index (χ2n) is 5.42. The highest BCUT2D eigenvalue weighted by molar-refractivity contribution is 5.69. The van der Waals surface area contributed by atoms with Crippen molar-refractivity contribution in [2.24, 2.45) is 5.92 Å². The number of rotatable bonds is 3. The summed E-state index contributed by atoms with van der Waals surface area (Å²) < 4.78 is 4.65. The van der Waals surface area contributed by atoms with Gasteiger partial charge in [0, 0.05) is 25.6 Å². The number of methoxy groups -OCH3 is 1. The lowest BCUT2D eigenvalue weighted by Gasteiger charge is -2.47. The fourth-order valence-corrected chi connectivity index (χ4v) is 3.19. The van der Waals surface area contributed by atoms with Gasteiger partial charge in [-0.15, -0.1) is 0 Å². The number of carbonyl (C=O) groups is 1. The molecule has 2 fully saturated rings. The molecule has 2 unspecified atom stereocenters. The molecule has 1 aliphatic heterocycles. The Hall–Kier alpha value is -0.610. The van der Waals surface area contributed by atoms with Crippen LogP contribution < -0.4 is 0 Å². The molecular formula is C13H23NO3. The Bertz CT molecular complexity index is 282. The molecule has 0 aromatic carbocycles. The maximum Gasteiger partial charge on any atom is 0.306 e. The second kappa shape index (κ2) is 5.36. The Kier molecular flexibility index (Phi) is 4.05. The molecule has 1 saturated carbocycles. The minimum Gasteiger partial charge on any atom is -0.469 e. The smallest absolute Gasteiger partial charge is 0.306 e. The topological polar surface area (TPSA) is 49.8 Å². The van der Waals surface area contributed by atoms with Crippen molar-refractivity contribution in [1.82, 2.24) is 4.90 Å². The van der Waals surface area contributed by atoms with Crippen LogP contribution in [-0.2, 0) is 9.53 Å². The summed E-state index contributed by atoms with van der Waals surface area (Å²) in [5.74, 6) is 0.261. The zero-order chi connectivity index (χ0) is 12.3.